The highest BCUT2D eigenvalue weighted by Crippen LogP contribution is 2.19. The number of furan rings is 1. The minimum atomic E-state index is -0.687. The van der Waals surface area contributed by atoms with E-state index in [1.54, 1.807) is 12.1 Å². The van der Waals surface area contributed by atoms with Crippen molar-refractivity contribution >= 4 is 5.91 Å². The van der Waals surface area contributed by atoms with Gasteiger partial charge in [0.2, 0.25) is 5.91 Å². The van der Waals surface area contributed by atoms with Gasteiger partial charge in [-0.2, -0.15) is 0 Å². The molecule has 2 rings (SSSR count). The van der Waals surface area contributed by atoms with Crippen molar-refractivity contribution in [3.05, 3.63) is 24.2 Å². The maximum Gasteiger partial charge on any atom is 0.222 e. The van der Waals surface area contributed by atoms with Crippen LogP contribution >= 0.6 is 0 Å². The number of carbonyl (C=O) groups is 1. The Hall–Kier alpha value is -1.33. The summed E-state index contributed by atoms with van der Waals surface area (Å²) in [4.78, 5) is 11.8. The van der Waals surface area contributed by atoms with Crippen molar-refractivity contribution in [3.63, 3.8) is 0 Å². The number of nitrogens with one attached hydrogen (secondary N) is 1. The summed E-state index contributed by atoms with van der Waals surface area (Å²) in [6.07, 6.45) is 3.72. The molecule has 0 aromatic carbocycles. The summed E-state index contributed by atoms with van der Waals surface area (Å²) >= 11 is 0. The third kappa shape index (κ3) is 4.36. The standard InChI is InChI=1S/C14H21NO4/c1-10(8-12(16)13-5-3-7-19-13)15-14(17)9-11-4-2-6-18-11/h3,5,7,10-12,16H,2,4,6,8-9H2,1H3,(H,15,17). The average Bonchev–Trinajstić information content (AvgIpc) is 3.00. The molecule has 1 aromatic heterocycles. The van der Waals surface area contributed by atoms with Crippen molar-refractivity contribution in [1.29, 1.82) is 0 Å². The highest BCUT2D eigenvalue weighted by molar-refractivity contribution is 5.76. The molecule has 1 aliphatic heterocycles. The van der Waals surface area contributed by atoms with Gasteiger partial charge in [0.25, 0.3) is 0 Å². The van der Waals surface area contributed by atoms with E-state index in [1.165, 1.54) is 6.26 Å². The van der Waals surface area contributed by atoms with Gasteiger partial charge in [-0.25, -0.2) is 0 Å². The first kappa shape index (κ1) is 14.1. The highest BCUT2D eigenvalue weighted by atomic mass is 16.5. The molecule has 106 valence electrons. The maximum absolute atomic E-state index is 11.8. The van der Waals surface area contributed by atoms with E-state index in [0.717, 1.165) is 19.4 Å². The molecule has 1 aromatic rings. The van der Waals surface area contributed by atoms with Crippen molar-refractivity contribution < 1.29 is 19.1 Å². The van der Waals surface area contributed by atoms with Crippen molar-refractivity contribution in [1.82, 2.24) is 5.32 Å². The van der Waals surface area contributed by atoms with Crippen molar-refractivity contribution in [3.8, 4) is 0 Å². The average molecular weight is 267 g/mol. The van der Waals surface area contributed by atoms with E-state index in [0.29, 0.717) is 18.6 Å². The fraction of sp³-hybridized carbons (Fsp3) is 0.643. The Morgan fingerprint density at radius 1 is 1.63 bits per heavy atom. The van der Waals surface area contributed by atoms with Gasteiger partial charge >= 0.3 is 0 Å². The van der Waals surface area contributed by atoms with Gasteiger partial charge in [0.1, 0.15) is 11.9 Å². The van der Waals surface area contributed by atoms with E-state index in [1.807, 2.05) is 6.92 Å². The number of hydrogen-bond acceptors (Lipinski definition) is 4. The summed E-state index contributed by atoms with van der Waals surface area (Å²) in [6.45, 7) is 2.63. The van der Waals surface area contributed by atoms with Crippen LogP contribution in [-0.4, -0.2) is 29.8 Å². The lowest BCUT2D eigenvalue weighted by atomic mass is 10.1. The summed E-state index contributed by atoms with van der Waals surface area (Å²) in [5, 5.41) is 12.8. The van der Waals surface area contributed by atoms with Gasteiger partial charge in [0.05, 0.1) is 18.8 Å². The van der Waals surface area contributed by atoms with Gasteiger partial charge in [-0.05, 0) is 31.9 Å². The molecule has 5 heteroatoms. The Labute approximate surface area is 112 Å². The largest absolute Gasteiger partial charge is 0.467 e. The lowest BCUT2D eigenvalue weighted by Gasteiger charge is -2.17. The zero-order chi connectivity index (χ0) is 13.7. The van der Waals surface area contributed by atoms with Crippen LogP contribution in [0.25, 0.3) is 0 Å². The van der Waals surface area contributed by atoms with Crippen LogP contribution in [0.1, 0.15) is 44.5 Å². The van der Waals surface area contributed by atoms with E-state index >= 15 is 0 Å². The molecule has 3 atom stereocenters. The van der Waals surface area contributed by atoms with Crippen LogP contribution in [0.3, 0.4) is 0 Å². The fourth-order valence-corrected chi connectivity index (χ4v) is 2.34. The number of aliphatic hydroxyl groups is 1. The molecule has 2 N–H and O–H groups in total. The zero-order valence-corrected chi connectivity index (χ0v) is 11.2. The van der Waals surface area contributed by atoms with Crippen LogP contribution in [0.4, 0.5) is 0 Å². The minimum Gasteiger partial charge on any atom is -0.467 e. The van der Waals surface area contributed by atoms with Crippen LogP contribution in [0.15, 0.2) is 22.8 Å². The molecule has 1 fully saturated rings. The van der Waals surface area contributed by atoms with Crippen LogP contribution < -0.4 is 5.32 Å². The Morgan fingerprint density at radius 3 is 3.11 bits per heavy atom. The maximum atomic E-state index is 11.8. The van der Waals surface area contributed by atoms with Crippen LogP contribution in [0.2, 0.25) is 0 Å². The first-order valence-electron chi connectivity index (χ1n) is 6.77. The third-order valence-corrected chi connectivity index (χ3v) is 3.29. The van der Waals surface area contributed by atoms with Crippen LogP contribution in [-0.2, 0) is 9.53 Å². The first-order chi connectivity index (χ1) is 9.15. The van der Waals surface area contributed by atoms with Crippen LogP contribution in [0.5, 0.6) is 0 Å². The molecule has 1 aliphatic rings. The van der Waals surface area contributed by atoms with Gasteiger partial charge in [0.15, 0.2) is 0 Å². The summed E-state index contributed by atoms with van der Waals surface area (Å²) in [5.41, 5.74) is 0. The number of amides is 1. The van der Waals surface area contributed by atoms with E-state index in [9.17, 15) is 9.90 Å². The Kier molecular flexibility index (Phi) is 4.99. The molecule has 0 spiro atoms. The number of rotatable bonds is 6. The predicted octanol–water partition coefficient (Wildman–Crippen LogP) is 1.78. The molecule has 3 unspecified atom stereocenters. The predicted molar refractivity (Wildman–Crippen MR) is 69.5 cm³/mol. The van der Waals surface area contributed by atoms with Crippen molar-refractivity contribution in [2.24, 2.45) is 0 Å². The Balaban J connectivity index is 1.71. The smallest absolute Gasteiger partial charge is 0.222 e. The molecule has 1 saturated heterocycles. The molecular weight excluding hydrogens is 246 g/mol. The number of aliphatic hydroxyl groups excluding tert-OH is 1. The third-order valence-electron chi connectivity index (χ3n) is 3.29. The second kappa shape index (κ2) is 6.73. The lowest BCUT2D eigenvalue weighted by Crippen LogP contribution is -2.35. The Morgan fingerprint density at radius 2 is 2.47 bits per heavy atom. The van der Waals surface area contributed by atoms with Gasteiger partial charge in [-0.3, -0.25) is 4.79 Å². The monoisotopic (exact) mass is 267 g/mol. The molecule has 0 aliphatic carbocycles. The molecule has 2 heterocycles. The first-order valence-corrected chi connectivity index (χ1v) is 6.77. The quantitative estimate of drug-likeness (QED) is 0.824. The SMILES string of the molecule is CC(CC(O)c1ccco1)NC(=O)CC1CCCO1. The summed E-state index contributed by atoms with van der Waals surface area (Å²) in [7, 11) is 0. The minimum absolute atomic E-state index is 0.0222. The fourth-order valence-electron chi connectivity index (χ4n) is 2.34. The molecular formula is C14H21NO4. The second-order valence-corrected chi connectivity index (χ2v) is 5.07. The van der Waals surface area contributed by atoms with E-state index in [4.69, 9.17) is 9.15 Å². The summed E-state index contributed by atoms with van der Waals surface area (Å²) in [5.74, 6) is 0.506. The second-order valence-electron chi connectivity index (χ2n) is 5.07. The van der Waals surface area contributed by atoms with E-state index in [-0.39, 0.29) is 18.1 Å². The van der Waals surface area contributed by atoms with E-state index < -0.39 is 6.10 Å². The molecule has 0 radical (unpaired) electrons. The molecule has 19 heavy (non-hydrogen) atoms. The highest BCUT2D eigenvalue weighted by Gasteiger charge is 2.21. The molecule has 0 saturated carbocycles. The van der Waals surface area contributed by atoms with Crippen LogP contribution in [0, 0.1) is 0 Å². The number of ether oxygens (including phenoxy) is 1. The van der Waals surface area contributed by atoms with Crippen molar-refractivity contribution in [2.75, 3.05) is 6.61 Å². The molecule has 1 amide bonds. The molecule has 5 nitrogen and oxygen atoms in total. The van der Waals surface area contributed by atoms with Gasteiger partial charge in [0, 0.05) is 19.1 Å². The van der Waals surface area contributed by atoms with Gasteiger partial charge < -0.3 is 19.6 Å². The van der Waals surface area contributed by atoms with Gasteiger partial charge in [-0.1, -0.05) is 0 Å². The molecule has 0 bridgehead atoms. The van der Waals surface area contributed by atoms with E-state index in [2.05, 4.69) is 5.32 Å². The number of hydrogen-bond donors (Lipinski definition) is 2. The lowest BCUT2D eigenvalue weighted by molar-refractivity contribution is -0.124. The van der Waals surface area contributed by atoms with Gasteiger partial charge in [-0.15, -0.1) is 0 Å². The van der Waals surface area contributed by atoms with Crippen molar-refractivity contribution in [2.45, 2.75) is 50.9 Å². The normalized spacial score (nSPS) is 22.1. The summed E-state index contributed by atoms with van der Waals surface area (Å²) in [6, 6.07) is 3.36. The topological polar surface area (TPSA) is 71.7 Å². The zero-order valence-electron chi connectivity index (χ0n) is 11.2. The Bertz CT molecular complexity index is 384. The number of carbonyl (C=O) groups excluding carboxylic acids is 1. The summed E-state index contributed by atoms with van der Waals surface area (Å²) < 4.78 is 10.5.